The number of rotatable bonds is 3. The van der Waals surface area contributed by atoms with E-state index >= 15 is 0 Å². The van der Waals surface area contributed by atoms with Crippen LogP contribution < -0.4 is 5.32 Å². The van der Waals surface area contributed by atoms with Gasteiger partial charge in [0.15, 0.2) is 0 Å². The Morgan fingerprint density at radius 1 is 1.17 bits per heavy atom. The molecular weight excluding hydrogens is 224 g/mol. The van der Waals surface area contributed by atoms with Crippen LogP contribution in [0.15, 0.2) is 71.6 Å². The average molecular weight is 236 g/mol. The van der Waals surface area contributed by atoms with Gasteiger partial charge in [0.25, 0.3) is 5.91 Å². The number of carbonyl (C=O) groups excluding carboxylic acids is 1. The summed E-state index contributed by atoms with van der Waals surface area (Å²) in [4.78, 5) is 16.0. The zero-order chi connectivity index (χ0) is 12.4. The van der Waals surface area contributed by atoms with Gasteiger partial charge in [0, 0.05) is 24.5 Å². The lowest BCUT2D eigenvalue weighted by atomic mass is 10.1. The van der Waals surface area contributed by atoms with Crippen LogP contribution in [0.5, 0.6) is 0 Å². The normalized spacial score (nSPS) is 15.9. The van der Waals surface area contributed by atoms with Crippen molar-refractivity contribution in [2.75, 3.05) is 0 Å². The maximum atomic E-state index is 12.1. The van der Waals surface area contributed by atoms with Gasteiger partial charge in [-0.3, -0.25) is 9.78 Å². The number of carbonyl (C=O) groups is 1. The van der Waals surface area contributed by atoms with Gasteiger partial charge in [-0.15, -0.1) is 0 Å². The molecule has 1 amide bonds. The maximum absolute atomic E-state index is 12.1. The van der Waals surface area contributed by atoms with Gasteiger partial charge in [-0.2, -0.15) is 0 Å². The van der Waals surface area contributed by atoms with Crippen LogP contribution in [0, 0.1) is 0 Å². The lowest BCUT2D eigenvalue weighted by Gasteiger charge is -2.06. The molecule has 0 aliphatic heterocycles. The quantitative estimate of drug-likeness (QED) is 0.872. The van der Waals surface area contributed by atoms with E-state index in [1.165, 1.54) is 0 Å². The fourth-order valence-corrected chi connectivity index (χ4v) is 2.06. The summed E-state index contributed by atoms with van der Waals surface area (Å²) in [5.74, 6) is -0.0342. The van der Waals surface area contributed by atoms with Crippen molar-refractivity contribution in [3.63, 3.8) is 0 Å². The number of nitrogens with one attached hydrogen (secondary N) is 1. The second-order valence-electron chi connectivity index (χ2n) is 4.18. The van der Waals surface area contributed by atoms with E-state index < -0.39 is 0 Å². The summed E-state index contributed by atoms with van der Waals surface area (Å²) in [6.45, 7) is 0.523. The van der Waals surface area contributed by atoms with Crippen LogP contribution in [0.25, 0.3) is 0 Å². The van der Waals surface area contributed by atoms with Gasteiger partial charge in [0.1, 0.15) is 0 Å². The standard InChI is InChI=1S/C15H12N2O/c18-15(17-10-11-6-8-16-9-7-11)14-5-4-12-2-1-3-13(12)14/h1-9H,10H2,(H,17,18). The molecule has 3 heteroatoms. The maximum Gasteiger partial charge on any atom is 0.252 e. The van der Waals surface area contributed by atoms with Crippen molar-refractivity contribution in [2.45, 2.75) is 6.54 Å². The highest BCUT2D eigenvalue weighted by Crippen LogP contribution is 2.29. The van der Waals surface area contributed by atoms with E-state index in [1.807, 2.05) is 42.5 Å². The largest absolute Gasteiger partial charge is 0.348 e. The zero-order valence-electron chi connectivity index (χ0n) is 9.76. The van der Waals surface area contributed by atoms with Crippen molar-refractivity contribution < 1.29 is 4.79 Å². The Balaban J connectivity index is 1.70. The van der Waals surface area contributed by atoms with Crippen LogP contribution in [0.1, 0.15) is 5.56 Å². The van der Waals surface area contributed by atoms with Crippen molar-refractivity contribution in [1.29, 1.82) is 0 Å². The fourth-order valence-electron chi connectivity index (χ4n) is 2.06. The molecular formula is C15H12N2O. The highest BCUT2D eigenvalue weighted by Gasteiger charge is 2.19. The Labute approximate surface area is 105 Å². The minimum absolute atomic E-state index is 0.0342. The summed E-state index contributed by atoms with van der Waals surface area (Å²) in [5, 5.41) is 2.92. The number of allylic oxidation sites excluding steroid dienone is 6. The molecule has 2 aliphatic carbocycles. The topological polar surface area (TPSA) is 42.0 Å². The number of fused-ring (bicyclic) bond motifs is 1. The SMILES string of the molecule is O=C(NCc1ccncc1)C1=C2C=CC=C2C=C1. The molecule has 0 spiro atoms. The van der Waals surface area contributed by atoms with Crippen LogP contribution in [0.2, 0.25) is 0 Å². The van der Waals surface area contributed by atoms with E-state index in [9.17, 15) is 4.79 Å². The van der Waals surface area contributed by atoms with Crippen molar-refractivity contribution in [2.24, 2.45) is 0 Å². The van der Waals surface area contributed by atoms with Gasteiger partial charge < -0.3 is 5.32 Å². The number of nitrogens with zero attached hydrogens (tertiary/aromatic N) is 1. The highest BCUT2D eigenvalue weighted by atomic mass is 16.1. The van der Waals surface area contributed by atoms with Gasteiger partial charge in [-0.1, -0.05) is 24.3 Å². The third kappa shape index (κ3) is 1.91. The minimum atomic E-state index is -0.0342. The molecule has 1 heterocycles. The Morgan fingerprint density at radius 3 is 2.83 bits per heavy atom. The van der Waals surface area contributed by atoms with E-state index in [1.54, 1.807) is 12.4 Å². The average Bonchev–Trinajstić information content (AvgIpc) is 2.99. The van der Waals surface area contributed by atoms with Crippen LogP contribution in [-0.4, -0.2) is 10.9 Å². The zero-order valence-corrected chi connectivity index (χ0v) is 9.76. The van der Waals surface area contributed by atoms with E-state index in [4.69, 9.17) is 0 Å². The van der Waals surface area contributed by atoms with Crippen LogP contribution in [0.4, 0.5) is 0 Å². The molecule has 1 aromatic heterocycles. The molecule has 18 heavy (non-hydrogen) atoms. The number of pyridine rings is 1. The Kier molecular flexibility index (Phi) is 2.65. The molecule has 2 aliphatic rings. The molecule has 88 valence electrons. The molecule has 3 rings (SSSR count). The number of hydrogen-bond acceptors (Lipinski definition) is 2. The van der Waals surface area contributed by atoms with Gasteiger partial charge >= 0.3 is 0 Å². The molecule has 0 saturated carbocycles. The predicted octanol–water partition coefficient (Wildman–Crippen LogP) is 2.06. The Bertz CT molecular complexity index is 607. The van der Waals surface area contributed by atoms with Gasteiger partial charge in [-0.05, 0) is 34.9 Å². The van der Waals surface area contributed by atoms with Crippen molar-refractivity contribution in [1.82, 2.24) is 10.3 Å². The molecule has 0 radical (unpaired) electrons. The number of hydrogen-bond donors (Lipinski definition) is 1. The van der Waals surface area contributed by atoms with Gasteiger partial charge in [0.2, 0.25) is 0 Å². The lowest BCUT2D eigenvalue weighted by Crippen LogP contribution is -2.24. The second-order valence-corrected chi connectivity index (χ2v) is 4.18. The first kappa shape index (κ1) is 10.7. The molecule has 0 aromatic carbocycles. The van der Waals surface area contributed by atoms with Crippen molar-refractivity contribution >= 4 is 5.91 Å². The first-order valence-corrected chi connectivity index (χ1v) is 5.83. The number of amides is 1. The van der Waals surface area contributed by atoms with Gasteiger partial charge in [0.05, 0.1) is 0 Å². The summed E-state index contributed by atoms with van der Waals surface area (Å²) < 4.78 is 0. The summed E-state index contributed by atoms with van der Waals surface area (Å²) >= 11 is 0. The van der Waals surface area contributed by atoms with E-state index in [-0.39, 0.29) is 5.91 Å². The van der Waals surface area contributed by atoms with E-state index in [2.05, 4.69) is 10.3 Å². The third-order valence-electron chi connectivity index (χ3n) is 3.02. The minimum Gasteiger partial charge on any atom is -0.348 e. The summed E-state index contributed by atoms with van der Waals surface area (Å²) in [5.41, 5.74) is 3.92. The fraction of sp³-hybridized carbons (Fsp3) is 0.0667. The molecule has 0 saturated heterocycles. The molecule has 0 unspecified atom stereocenters. The second kappa shape index (κ2) is 4.45. The van der Waals surface area contributed by atoms with E-state index in [0.29, 0.717) is 6.54 Å². The third-order valence-corrected chi connectivity index (χ3v) is 3.02. The predicted molar refractivity (Wildman–Crippen MR) is 69.5 cm³/mol. The van der Waals surface area contributed by atoms with Crippen LogP contribution >= 0.6 is 0 Å². The monoisotopic (exact) mass is 236 g/mol. The summed E-state index contributed by atoms with van der Waals surface area (Å²) in [7, 11) is 0. The Hall–Kier alpha value is -2.42. The smallest absolute Gasteiger partial charge is 0.252 e. The van der Waals surface area contributed by atoms with Gasteiger partial charge in [-0.25, -0.2) is 0 Å². The first-order valence-electron chi connectivity index (χ1n) is 5.83. The molecule has 0 fully saturated rings. The summed E-state index contributed by atoms with van der Waals surface area (Å²) in [6.07, 6.45) is 13.2. The van der Waals surface area contributed by atoms with Crippen molar-refractivity contribution in [3.05, 3.63) is 77.2 Å². The molecule has 3 nitrogen and oxygen atoms in total. The van der Waals surface area contributed by atoms with E-state index in [0.717, 1.165) is 22.3 Å². The summed E-state index contributed by atoms with van der Waals surface area (Å²) in [6, 6.07) is 3.78. The number of aromatic nitrogens is 1. The van der Waals surface area contributed by atoms with Crippen molar-refractivity contribution in [3.8, 4) is 0 Å². The lowest BCUT2D eigenvalue weighted by molar-refractivity contribution is -0.117. The molecule has 1 aromatic rings. The molecule has 0 bridgehead atoms. The first-order chi connectivity index (χ1) is 8.84. The molecule has 0 atom stereocenters. The molecule has 1 N–H and O–H groups in total. The van der Waals surface area contributed by atoms with Crippen LogP contribution in [-0.2, 0) is 11.3 Å². The Morgan fingerprint density at radius 2 is 2.00 bits per heavy atom. The van der Waals surface area contributed by atoms with Crippen LogP contribution in [0.3, 0.4) is 0 Å². The highest BCUT2D eigenvalue weighted by molar-refractivity contribution is 6.00.